The summed E-state index contributed by atoms with van der Waals surface area (Å²) in [6.07, 6.45) is -0.00901. The third-order valence-corrected chi connectivity index (χ3v) is 4.91. The molecule has 1 atom stereocenters. The van der Waals surface area contributed by atoms with Crippen LogP contribution in [0.3, 0.4) is 0 Å². The number of sulfonamides is 1. The zero-order chi connectivity index (χ0) is 22.7. The first-order valence-electron chi connectivity index (χ1n) is 9.06. The second-order valence-electron chi connectivity index (χ2n) is 8.00. The number of hydrogen-bond donors (Lipinski definition) is 2. The van der Waals surface area contributed by atoms with Gasteiger partial charge in [-0.15, -0.1) is 0 Å². The Kier molecular flexibility index (Phi) is 7.06. The van der Waals surface area contributed by atoms with Gasteiger partial charge in [0.05, 0.1) is 11.8 Å². The molecule has 2 aromatic rings. The van der Waals surface area contributed by atoms with Crippen molar-refractivity contribution in [3.8, 4) is 17.6 Å². The highest BCUT2D eigenvalue weighted by atomic mass is 35.5. The van der Waals surface area contributed by atoms with Crippen molar-refractivity contribution in [3.63, 3.8) is 0 Å². The van der Waals surface area contributed by atoms with E-state index >= 15 is 0 Å². The predicted molar refractivity (Wildman–Crippen MR) is 119 cm³/mol. The summed E-state index contributed by atoms with van der Waals surface area (Å²) in [5.74, 6) is 5.19. The molecule has 0 radical (unpaired) electrons. The average Bonchev–Trinajstić information content (AvgIpc) is 2.58. The fourth-order valence-electron chi connectivity index (χ4n) is 2.60. The lowest BCUT2D eigenvalue weighted by atomic mass is 9.89. The summed E-state index contributed by atoms with van der Waals surface area (Å²) in [6, 6.07) is 9.82. The van der Waals surface area contributed by atoms with Gasteiger partial charge in [-0.3, -0.25) is 4.72 Å². The van der Waals surface area contributed by atoms with Crippen molar-refractivity contribution in [3.05, 3.63) is 58.1 Å². The normalized spacial score (nSPS) is 12.5. The average molecular weight is 450 g/mol. The zero-order valence-corrected chi connectivity index (χ0v) is 19.0. The molecule has 0 saturated carbocycles. The van der Waals surface area contributed by atoms with E-state index in [1.807, 2.05) is 6.92 Å². The molecule has 0 fully saturated rings. The van der Waals surface area contributed by atoms with E-state index in [-0.39, 0.29) is 0 Å². The van der Waals surface area contributed by atoms with E-state index in [1.165, 1.54) is 0 Å². The lowest BCUT2D eigenvalue weighted by Crippen LogP contribution is -2.39. The van der Waals surface area contributed by atoms with Crippen molar-refractivity contribution >= 4 is 33.3 Å². The van der Waals surface area contributed by atoms with Crippen LogP contribution in [0.4, 0.5) is 5.69 Å². The van der Waals surface area contributed by atoms with Gasteiger partial charge in [-0.1, -0.05) is 50.3 Å². The van der Waals surface area contributed by atoms with Gasteiger partial charge in [0.25, 0.3) is 0 Å². The van der Waals surface area contributed by atoms with E-state index in [1.54, 1.807) is 57.2 Å². The largest absolute Gasteiger partial charge is 0.478 e. The summed E-state index contributed by atoms with van der Waals surface area (Å²) in [7, 11) is -3.41. The highest BCUT2D eigenvalue weighted by Gasteiger charge is 2.33. The Hall–Kier alpha value is -2.69. The molecule has 0 heterocycles. The third kappa shape index (κ3) is 6.68. The number of nitrogens with one attached hydrogen (secondary N) is 1. The first-order valence-corrected chi connectivity index (χ1v) is 11.3. The highest BCUT2D eigenvalue weighted by Crippen LogP contribution is 2.29. The van der Waals surface area contributed by atoms with Crippen molar-refractivity contribution < 1.29 is 23.1 Å². The van der Waals surface area contributed by atoms with Gasteiger partial charge in [0, 0.05) is 21.7 Å². The van der Waals surface area contributed by atoms with E-state index in [4.69, 9.17) is 16.3 Å². The topological polar surface area (TPSA) is 92.7 Å². The van der Waals surface area contributed by atoms with Crippen LogP contribution in [0.2, 0.25) is 5.02 Å². The molecule has 0 spiro atoms. The first kappa shape index (κ1) is 23.6. The predicted octanol–water partition coefficient (Wildman–Crippen LogP) is 4.30. The van der Waals surface area contributed by atoms with Gasteiger partial charge in [0.2, 0.25) is 10.0 Å². The maximum Gasteiger partial charge on any atom is 0.345 e. The summed E-state index contributed by atoms with van der Waals surface area (Å²) >= 11 is 6.10. The number of rotatable bonds is 5. The molecule has 1 unspecified atom stereocenters. The molecule has 0 saturated heterocycles. The number of carboxylic acids is 1. The second kappa shape index (κ2) is 8.99. The Balaban J connectivity index is 2.46. The molecule has 8 heteroatoms. The van der Waals surface area contributed by atoms with Crippen LogP contribution in [0, 0.1) is 24.2 Å². The number of hydrogen-bond acceptors (Lipinski definition) is 4. The Bertz CT molecular complexity index is 1120. The number of carbonyl (C=O) groups is 1. The minimum absolute atomic E-state index is 0.303. The number of aryl methyl sites for hydroxylation is 1. The summed E-state index contributed by atoms with van der Waals surface area (Å²) < 4.78 is 31.1. The molecular formula is C22H24ClNO5S. The minimum Gasteiger partial charge on any atom is -0.478 e. The summed E-state index contributed by atoms with van der Waals surface area (Å²) in [5.41, 5.74) is 1.65. The van der Waals surface area contributed by atoms with Crippen LogP contribution >= 0.6 is 11.6 Å². The first-order chi connectivity index (χ1) is 13.8. The van der Waals surface area contributed by atoms with E-state index < -0.39 is 27.5 Å². The molecule has 2 rings (SSSR count). The van der Waals surface area contributed by atoms with E-state index in [2.05, 4.69) is 16.6 Å². The molecule has 0 aliphatic rings. The molecule has 0 amide bonds. The maximum absolute atomic E-state index is 11.7. The van der Waals surface area contributed by atoms with Crippen molar-refractivity contribution in [1.82, 2.24) is 0 Å². The lowest BCUT2D eigenvalue weighted by Gasteiger charge is -2.28. The zero-order valence-electron chi connectivity index (χ0n) is 17.4. The fraction of sp³-hybridized carbons (Fsp3) is 0.318. The van der Waals surface area contributed by atoms with Gasteiger partial charge in [-0.2, -0.15) is 0 Å². The molecule has 0 aromatic heterocycles. The van der Waals surface area contributed by atoms with Gasteiger partial charge in [0.1, 0.15) is 5.75 Å². The number of anilines is 1. The molecule has 0 bridgehead atoms. The van der Waals surface area contributed by atoms with Crippen LogP contribution in [0.1, 0.15) is 37.5 Å². The number of aliphatic carboxylic acids is 1. The monoisotopic (exact) mass is 449 g/mol. The quantitative estimate of drug-likeness (QED) is 0.664. The molecule has 6 nitrogen and oxygen atoms in total. The van der Waals surface area contributed by atoms with Crippen molar-refractivity contribution in [2.24, 2.45) is 5.41 Å². The van der Waals surface area contributed by atoms with Crippen molar-refractivity contribution in [2.75, 3.05) is 11.0 Å². The van der Waals surface area contributed by atoms with Gasteiger partial charge in [-0.25, -0.2) is 13.2 Å². The van der Waals surface area contributed by atoms with Crippen LogP contribution in [0.5, 0.6) is 5.75 Å². The smallest absolute Gasteiger partial charge is 0.345 e. The van der Waals surface area contributed by atoms with E-state index in [0.717, 1.165) is 11.8 Å². The number of ether oxygens (including phenoxy) is 1. The fourth-order valence-corrected chi connectivity index (χ4v) is 3.32. The van der Waals surface area contributed by atoms with Crippen LogP contribution in [-0.4, -0.2) is 31.9 Å². The number of halogens is 1. The van der Waals surface area contributed by atoms with Crippen molar-refractivity contribution in [2.45, 2.75) is 33.8 Å². The van der Waals surface area contributed by atoms with E-state index in [9.17, 15) is 18.3 Å². The van der Waals surface area contributed by atoms with Crippen LogP contribution in [0.15, 0.2) is 36.4 Å². The molecule has 2 N–H and O–H groups in total. The maximum atomic E-state index is 11.7. The van der Waals surface area contributed by atoms with Crippen LogP contribution in [-0.2, 0) is 14.8 Å². The molecule has 160 valence electrons. The van der Waals surface area contributed by atoms with Gasteiger partial charge < -0.3 is 9.84 Å². The van der Waals surface area contributed by atoms with Crippen LogP contribution in [0.25, 0.3) is 0 Å². The molecule has 30 heavy (non-hydrogen) atoms. The molecule has 0 aliphatic carbocycles. The Morgan fingerprint density at radius 2 is 1.77 bits per heavy atom. The van der Waals surface area contributed by atoms with Gasteiger partial charge in [-0.05, 0) is 42.8 Å². The Morgan fingerprint density at radius 3 is 2.33 bits per heavy atom. The summed E-state index contributed by atoms with van der Waals surface area (Å²) in [6.45, 7) is 7.17. The third-order valence-electron chi connectivity index (χ3n) is 4.07. The molecular weight excluding hydrogens is 426 g/mol. The standard InChI is InChI=1S/C22H24ClNO5S/c1-14-6-10-18(24-30(5,27)28)13-15(14)7-8-16-12-17(23)9-11-19(16)29-20(21(25)26)22(2,3)4/h6,9-13,20,24H,1-5H3,(H,25,26). The Morgan fingerprint density at radius 1 is 1.13 bits per heavy atom. The molecule has 0 aliphatic heterocycles. The van der Waals surface area contributed by atoms with Gasteiger partial charge in [0.15, 0.2) is 6.10 Å². The second-order valence-corrected chi connectivity index (χ2v) is 10.2. The van der Waals surface area contributed by atoms with E-state index in [0.29, 0.717) is 27.6 Å². The minimum atomic E-state index is -3.41. The SMILES string of the molecule is Cc1ccc(NS(C)(=O)=O)cc1C#Cc1cc(Cl)ccc1OC(C(=O)O)C(C)(C)C. The van der Waals surface area contributed by atoms with Gasteiger partial charge >= 0.3 is 5.97 Å². The lowest BCUT2D eigenvalue weighted by molar-refractivity contribution is -0.150. The van der Waals surface area contributed by atoms with Crippen molar-refractivity contribution in [1.29, 1.82) is 0 Å². The number of benzene rings is 2. The molecule has 2 aromatic carbocycles. The Labute approximate surface area is 182 Å². The van der Waals surface area contributed by atoms with Crippen LogP contribution < -0.4 is 9.46 Å². The summed E-state index contributed by atoms with van der Waals surface area (Å²) in [5, 5.41) is 9.97. The number of carboxylic acid groups (broad SMARTS) is 1. The highest BCUT2D eigenvalue weighted by molar-refractivity contribution is 7.92. The summed E-state index contributed by atoms with van der Waals surface area (Å²) in [4.78, 5) is 11.7.